The fraction of sp³-hybridized carbons (Fsp3) is 0.550. The number of nitrogens with one attached hydrogen (secondary N) is 3. The van der Waals surface area contributed by atoms with Crippen molar-refractivity contribution in [3.63, 3.8) is 0 Å². The number of ether oxygens (including phenoxy) is 1. The summed E-state index contributed by atoms with van der Waals surface area (Å²) < 4.78 is 5.06. The Labute approximate surface area is 189 Å². The summed E-state index contributed by atoms with van der Waals surface area (Å²) in [4.78, 5) is 30.0. The molecule has 2 rings (SSSR count). The van der Waals surface area contributed by atoms with E-state index in [4.69, 9.17) is 4.74 Å². The lowest BCUT2D eigenvalue weighted by Gasteiger charge is -2.32. The number of benzene rings is 1. The number of guanidine groups is 1. The lowest BCUT2D eigenvalue weighted by Crippen LogP contribution is -2.49. The predicted molar refractivity (Wildman–Crippen MR) is 125 cm³/mol. The normalized spacial score (nSPS) is 14.6. The van der Waals surface area contributed by atoms with Crippen molar-refractivity contribution in [2.75, 3.05) is 33.3 Å². The topological polar surface area (TPSA) is 95.1 Å². The molecule has 1 saturated heterocycles. The maximum atomic E-state index is 11.8. The van der Waals surface area contributed by atoms with Gasteiger partial charge in [-0.05, 0) is 44.4 Å². The molecule has 1 aromatic carbocycles. The number of hydrogen-bond donors (Lipinski definition) is 3. The highest BCUT2D eigenvalue weighted by Gasteiger charge is 2.24. The minimum atomic E-state index is -0.238. The van der Waals surface area contributed by atoms with Gasteiger partial charge in [0, 0.05) is 38.3 Å². The number of halogens is 1. The molecule has 29 heavy (non-hydrogen) atoms. The van der Waals surface area contributed by atoms with E-state index in [0.717, 1.165) is 30.9 Å². The molecule has 0 atom stereocenters. The largest absolute Gasteiger partial charge is 0.450 e. The number of likely N-dealkylation sites (tertiary alicyclic amines) is 1. The zero-order chi connectivity index (χ0) is 20.4. The summed E-state index contributed by atoms with van der Waals surface area (Å²) in [5.41, 5.74) is 1.59. The van der Waals surface area contributed by atoms with Crippen molar-refractivity contribution in [1.29, 1.82) is 0 Å². The highest BCUT2D eigenvalue weighted by molar-refractivity contribution is 14.0. The van der Waals surface area contributed by atoms with Crippen molar-refractivity contribution >= 4 is 41.9 Å². The summed E-state index contributed by atoms with van der Waals surface area (Å²) >= 11 is 0. The average molecular weight is 517 g/mol. The van der Waals surface area contributed by atoms with Gasteiger partial charge in [-0.25, -0.2) is 9.79 Å². The Kier molecular flexibility index (Phi) is 11.4. The van der Waals surface area contributed by atoms with Gasteiger partial charge in [0.1, 0.15) is 0 Å². The van der Waals surface area contributed by atoms with Crippen LogP contribution in [0.4, 0.5) is 4.79 Å². The van der Waals surface area contributed by atoms with Crippen LogP contribution in [0.2, 0.25) is 0 Å². The monoisotopic (exact) mass is 517 g/mol. The zero-order valence-corrected chi connectivity index (χ0v) is 19.7. The second-order valence-electron chi connectivity index (χ2n) is 6.58. The molecule has 1 aliphatic rings. The van der Waals surface area contributed by atoms with E-state index < -0.39 is 0 Å². The van der Waals surface area contributed by atoms with Crippen molar-refractivity contribution in [3.8, 4) is 0 Å². The van der Waals surface area contributed by atoms with Gasteiger partial charge >= 0.3 is 6.09 Å². The molecule has 162 valence electrons. The maximum absolute atomic E-state index is 11.8. The van der Waals surface area contributed by atoms with Crippen LogP contribution in [0.1, 0.15) is 42.6 Å². The van der Waals surface area contributed by atoms with Gasteiger partial charge in [-0.3, -0.25) is 4.79 Å². The van der Waals surface area contributed by atoms with Gasteiger partial charge in [0.15, 0.2) is 5.96 Å². The first-order chi connectivity index (χ1) is 13.6. The molecule has 0 spiro atoms. The van der Waals surface area contributed by atoms with E-state index in [9.17, 15) is 9.59 Å². The second-order valence-corrected chi connectivity index (χ2v) is 6.58. The summed E-state index contributed by atoms with van der Waals surface area (Å²) in [5.74, 6) is 0.631. The second kappa shape index (κ2) is 13.2. The van der Waals surface area contributed by atoms with Gasteiger partial charge < -0.3 is 25.6 Å². The maximum Gasteiger partial charge on any atom is 0.409 e. The third-order valence-electron chi connectivity index (χ3n) is 4.54. The van der Waals surface area contributed by atoms with Crippen LogP contribution in [0.25, 0.3) is 0 Å². The van der Waals surface area contributed by atoms with E-state index >= 15 is 0 Å². The van der Waals surface area contributed by atoms with Crippen molar-refractivity contribution in [2.24, 2.45) is 4.99 Å². The number of carbonyl (C=O) groups excluding carboxylic acids is 2. The molecule has 1 aliphatic heterocycles. The molecule has 0 unspecified atom stereocenters. The molecule has 0 radical (unpaired) electrons. The Morgan fingerprint density at radius 2 is 1.97 bits per heavy atom. The Hall–Kier alpha value is -2.04. The molecular formula is C20H32IN5O3. The van der Waals surface area contributed by atoms with Crippen LogP contribution >= 0.6 is 24.0 Å². The fourth-order valence-corrected chi connectivity index (χ4v) is 3.06. The van der Waals surface area contributed by atoms with Crippen LogP contribution in [-0.4, -0.2) is 62.2 Å². The van der Waals surface area contributed by atoms with Crippen LogP contribution < -0.4 is 16.0 Å². The first-order valence-electron chi connectivity index (χ1n) is 9.84. The Morgan fingerprint density at radius 1 is 1.24 bits per heavy atom. The summed E-state index contributed by atoms with van der Waals surface area (Å²) in [6.45, 7) is 6.81. The molecule has 8 nitrogen and oxygen atoms in total. The molecule has 0 bridgehead atoms. The Morgan fingerprint density at radius 3 is 2.59 bits per heavy atom. The third kappa shape index (κ3) is 8.08. The van der Waals surface area contributed by atoms with Gasteiger partial charge in [-0.2, -0.15) is 0 Å². The van der Waals surface area contributed by atoms with Crippen LogP contribution in [0.3, 0.4) is 0 Å². The van der Waals surface area contributed by atoms with Crippen LogP contribution in [0.15, 0.2) is 29.3 Å². The Bertz CT molecular complexity index is 690. The van der Waals surface area contributed by atoms with E-state index in [0.29, 0.717) is 31.8 Å². The first-order valence-corrected chi connectivity index (χ1v) is 9.84. The van der Waals surface area contributed by atoms with Gasteiger partial charge in [0.05, 0.1) is 13.2 Å². The summed E-state index contributed by atoms with van der Waals surface area (Å²) in [7, 11) is 1.62. The van der Waals surface area contributed by atoms with Gasteiger partial charge in [-0.1, -0.05) is 12.1 Å². The predicted octanol–water partition coefficient (Wildman–Crippen LogP) is 2.34. The number of hydrogen-bond acceptors (Lipinski definition) is 4. The van der Waals surface area contributed by atoms with Crippen LogP contribution in [0.5, 0.6) is 0 Å². The minimum absolute atomic E-state index is 0. The molecule has 1 aromatic rings. The lowest BCUT2D eigenvalue weighted by molar-refractivity contribution is 0.0955. The molecule has 0 aliphatic carbocycles. The molecule has 1 heterocycles. The van der Waals surface area contributed by atoms with Crippen molar-refractivity contribution < 1.29 is 14.3 Å². The van der Waals surface area contributed by atoms with Crippen molar-refractivity contribution in [1.82, 2.24) is 20.9 Å². The first kappa shape index (κ1) is 25.0. The molecule has 1 fully saturated rings. The van der Waals surface area contributed by atoms with Gasteiger partial charge in [0.2, 0.25) is 0 Å². The SMILES string of the molecule is CCNC(=NCc1cccc(C(=O)NC)c1)NC1CCN(C(=O)OCC)CC1.I. The standard InChI is InChI=1S/C20H31N5O3.HI/c1-4-22-19(23-14-15-7-6-8-16(13-15)18(26)21-3)24-17-9-11-25(12-10-17)20(27)28-5-2;/h6-8,13,17H,4-5,9-12,14H2,1-3H3,(H,21,26)(H2,22,23,24);1H. The number of piperidine rings is 1. The van der Waals surface area contributed by atoms with E-state index in [2.05, 4.69) is 20.9 Å². The average Bonchev–Trinajstić information content (AvgIpc) is 2.72. The number of nitrogens with zero attached hydrogens (tertiary/aromatic N) is 2. The Balaban J connectivity index is 0.00000420. The zero-order valence-electron chi connectivity index (χ0n) is 17.4. The minimum Gasteiger partial charge on any atom is -0.450 e. The number of carbonyl (C=O) groups is 2. The number of amides is 2. The van der Waals surface area contributed by atoms with Crippen molar-refractivity contribution in [2.45, 2.75) is 39.3 Å². The molecule has 9 heteroatoms. The molecule has 0 aromatic heterocycles. The van der Waals surface area contributed by atoms with E-state index in [1.54, 1.807) is 18.0 Å². The van der Waals surface area contributed by atoms with Crippen LogP contribution in [0, 0.1) is 0 Å². The summed E-state index contributed by atoms with van der Waals surface area (Å²) in [6.07, 6.45) is 1.45. The number of aliphatic imine (C=N–C) groups is 1. The van der Waals surface area contributed by atoms with Crippen LogP contribution in [-0.2, 0) is 11.3 Å². The van der Waals surface area contributed by atoms with Gasteiger partial charge in [0.25, 0.3) is 5.91 Å². The summed E-state index contributed by atoms with van der Waals surface area (Å²) in [6, 6.07) is 7.70. The smallest absolute Gasteiger partial charge is 0.409 e. The fourth-order valence-electron chi connectivity index (χ4n) is 3.06. The van der Waals surface area contributed by atoms with E-state index in [-0.39, 0.29) is 42.0 Å². The highest BCUT2D eigenvalue weighted by atomic mass is 127. The molecule has 3 N–H and O–H groups in total. The molecular weight excluding hydrogens is 485 g/mol. The van der Waals surface area contributed by atoms with Gasteiger partial charge in [-0.15, -0.1) is 24.0 Å². The highest BCUT2D eigenvalue weighted by Crippen LogP contribution is 2.12. The molecule has 0 saturated carbocycles. The van der Waals surface area contributed by atoms with Crippen molar-refractivity contribution in [3.05, 3.63) is 35.4 Å². The lowest BCUT2D eigenvalue weighted by atomic mass is 10.1. The quantitative estimate of drug-likeness (QED) is 0.306. The summed E-state index contributed by atoms with van der Waals surface area (Å²) in [5, 5.41) is 9.34. The number of rotatable bonds is 6. The van der Waals surface area contributed by atoms with E-state index in [1.165, 1.54) is 0 Å². The molecule has 2 amide bonds. The van der Waals surface area contributed by atoms with E-state index in [1.807, 2.05) is 32.0 Å². The third-order valence-corrected chi connectivity index (χ3v) is 4.54.